The van der Waals surface area contributed by atoms with Crippen LogP contribution in [0.3, 0.4) is 0 Å². The third-order valence-electron chi connectivity index (χ3n) is 7.17. The first-order valence-corrected chi connectivity index (χ1v) is 13.3. The number of nitrogens with zero attached hydrogens (tertiary/aromatic N) is 2. The molecule has 0 spiro atoms. The van der Waals surface area contributed by atoms with E-state index in [1.165, 1.54) is 0 Å². The van der Waals surface area contributed by atoms with E-state index in [0.717, 1.165) is 23.8 Å². The van der Waals surface area contributed by atoms with Gasteiger partial charge in [-0.2, -0.15) is 0 Å². The maximum absolute atomic E-state index is 12.6. The summed E-state index contributed by atoms with van der Waals surface area (Å²) >= 11 is 0. The number of carbonyl (C=O) groups is 2. The van der Waals surface area contributed by atoms with Gasteiger partial charge in [0.1, 0.15) is 11.1 Å². The van der Waals surface area contributed by atoms with Crippen LogP contribution in [-0.2, 0) is 10.0 Å². The lowest BCUT2D eigenvalue weighted by molar-refractivity contribution is -0.290. The van der Waals surface area contributed by atoms with E-state index in [9.17, 15) is 19.6 Å². The highest BCUT2D eigenvalue weighted by molar-refractivity contribution is 5.97. The van der Waals surface area contributed by atoms with Crippen molar-refractivity contribution in [2.75, 3.05) is 24.5 Å². The molecule has 203 valence electrons. The first-order chi connectivity index (χ1) is 17.4. The van der Waals surface area contributed by atoms with Crippen LogP contribution in [0.5, 0.6) is 0 Å². The molecule has 9 heteroatoms. The van der Waals surface area contributed by atoms with Crippen molar-refractivity contribution in [3.05, 3.63) is 40.2 Å². The van der Waals surface area contributed by atoms with Crippen LogP contribution >= 0.6 is 0 Å². The summed E-state index contributed by atoms with van der Waals surface area (Å²) in [6.07, 6.45) is 2.74. The SMILES string of the molecule is CCN(CC)c1ccc2cc(C(=O)NCCCCC(=O)NC3CC(C)(C)N([O])C(C)(C)C3)c(=O)oc2c1. The third kappa shape index (κ3) is 6.90. The van der Waals surface area contributed by atoms with Crippen molar-refractivity contribution in [1.29, 1.82) is 0 Å². The average Bonchev–Trinajstić information content (AvgIpc) is 2.82. The molecule has 9 nitrogen and oxygen atoms in total. The first kappa shape index (κ1) is 28.7. The Hall–Kier alpha value is -2.91. The molecule has 1 aliphatic heterocycles. The number of fused-ring (bicyclic) bond motifs is 1. The Kier molecular flexibility index (Phi) is 9.02. The fraction of sp³-hybridized carbons (Fsp3) is 0.607. The molecule has 1 aromatic heterocycles. The number of amides is 2. The molecule has 0 saturated carbocycles. The highest BCUT2D eigenvalue weighted by Crippen LogP contribution is 2.37. The number of hydrogen-bond acceptors (Lipinski definition) is 6. The molecule has 1 fully saturated rings. The molecular formula is C28H41N4O5. The molecule has 0 atom stereocenters. The number of hydrogen-bond donors (Lipinski definition) is 2. The Morgan fingerprint density at radius 2 is 1.70 bits per heavy atom. The molecule has 0 bridgehead atoms. The Morgan fingerprint density at radius 1 is 1.05 bits per heavy atom. The minimum atomic E-state index is -0.670. The Labute approximate surface area is 219 Å². The lowest BCUT2D eigenvalue weighted by Crippen LogP contribution is -2.62. The van der Waals surface area contributed by atoms with Crippen LogP contribution in [0.25, 0.3) is 11.0 Å². The first-order valence-electron chi connectivity index (χ1n) is 13.3. The van der Waals surface area contributed by atoms with Crippen molar-refractivity contribution in [3.63, 3.8) is 0 Å². The van der Waals surface area contributed by atoms with Gasteiger partial charge in [-0.1, -0.05) is 0 Å². The van der Waals surface area contributed by atoms with Gasteiger partial charge in [-0.25, -0.2) is 4.79 Å². The fourth-order valence-electron chi connectivity index (χ4n) is 5.42. The number of carbonyl (C=O) groups excluding carboxylic acids is 2. The van der Waals surface area contributed by atoms with Crippen molar-refractivity contribution in [3.8, 4) is 0 Å². The molecule has 0 aliphatic carbocycles. The zero-order chi connectivity index (χ0) is 27.4. The second-order valence-electron chi connectivity index (χ2n) is 11.1. The summed E-state index contributed by atoms with van der Waals surface area (Å²) in [7, 11) is 0. The van der Waals surface area contributed by atoms with Crippen molar-refractivity contribution < 1.29 is 19.2 Å². The van der Waals surface area contributed by atoms with E-state index < -0.39 is 22.6 Å². The van der Waals surface area contributed by atoms with Crippen LogP contribution in [0.2, 0.25) is 0 Å². The number of unbranched alkanes of at least 4 members (excludes halogenated alkanes) is 1. The third-order valence-corrected chi connectivity index (χ3v) is 7.17. The van der Waals surface area contributed by atoms with Gasteiger partial charge >= 0.3 is 5.63 Å². The summed E-state index contributed by atoms with van der Waals surface area (Å²) in [5, 5.41) is 20.1. The Bertz CT molecular complexity index is 1150. The number of anilines is 1. The quantitative estimate of drug-likeness (QED) is 0.366. The van der Waals surface area contributed by atoms with E-state index in [-0.39, 0.29) is 17.5 Å². The van der Waals surface area contributed by atoms with Crippen LogP contribution in [-0.4, -0.2) is 53.6 Å². The van der Waals surface area contributed by atoms with Gasteiger partial charge in [-0.05, 0) is 85.4 Å². The maximum atomic E-state index is 12.6. The van der Waals surface area contributed by atoms with Gasteiger partial charge < -0.3 is 20.0 Å². The maximum Gasteiger partial charge on any atom is 0.349 e. The molecule has 1 radical (unpaired) electrons. The molecule has 2 aromatic rings. The van der Waals surface area contributed by atoms with Crippen LogP contribution in [0.4, 0.5) is 5.69 Å². The zero-order valence-corrected chi connectivity index (χ0v) is 23.0. The van der Waals surface area contributed by atoms with Gasteiger partial charge in [0, 0.05) is 60.3 Å². The standard InChI is InChI=1S/C28H41N4O5/c1-7-31(8-2)21-13-12-19-15-22(26(35)37-23(19)16-21)25(34)29-14-10-9-11-24(33)30-20-17-27(3,4)32(36)28(5,6)18-20/h12-13,15-16,20H,7-11,14,17-18H2,1-6H3,(H,29,34)(H,30,33). The Balaban J connectivity index is 1.47. The molecule has 2 N–H and O–H groups in total. The van der Waals surface area contributed by atoms with Crippen LogP contribution < -0.4 is 21.2 Å². The molecular weight excluding hydrogens is 472 g/mol. The smallest absolute Gasteiger partial charge is 0.349 e. The van der Waals surface area contributed by atoms with Crippen molar-refractivity contribution in [1.82, 2.24) is 15.7 Å². The minimum absolute atomic E-state index is 0.0317. The predicted molar refractivity (Wildman–Crippen MR) is 144 cm³/mol. The van der Waals surface area contributed by atoms with Gasteiger partial charge in [0.15, 0.2) is 0 Å². The van der Waals surface area contributed by atoms with Crippen LogP contribution in [0.1, 0.15) is 84.0 Å². The highest BCUT2D eigenvalue weighted by atomic mass is 16.5. The number of hydroxylamine groups is 2. The molecule has 37 heavy (non-hydrogen) atoms. The summed E-state index contributed by atoms with van der Waals surface area (Å²) in [6, 6.07) is 7.14. The summed E-state index contributed by atoms with van der Waals surface area (Å²) in [5.41, 5.74) is -0.359. The van der Waals surface area contributed by atoms with E-state index in [4.69, 9.17) is 4.42 Å². The summed E-state index contributed by atoms with van der Waals surface area (Å²) < 4.78 is 5.44. The molecule has 2 heterocycles. The summed E-state index contributed by atoms with van der Waals surface area (Å²) in [4.78, 5) is 39.7. The molecule has 1 saturated heterocycles. The minimum Gasteiger partial charge on any atom is -0.422 e. The number of benzene rings is 1. The zero-order valence-electron chi connectivity index (χ0n) is 23.0. The van der Waals surface area contributed by atoms with Gasteiger partial charge in [0.05, 0.1) is 0 Å². The molecule has 0 unspecified atom stereocenters. The molecule has 1 aromatic carbocycles. The number of rotatable bonds is 10. The fourth-order valence-corrected chi connectivity index (χ4v) is 5.42. The average molecular weight is 514 g/mol. The van der Waals surface area contributed by atoms with Gasteiger partial charge in [-0.15, -0.1) is 10.3 Å². The van der Waals surface area contributed by atoms with E-state index in [0.29, 0.717) is 49.6 Å². The van der Waals surface area contributed by atoms with E-state index in [2.05, 4.69) is 29.4 Å². The monoisotopic (exact) mass is 513 g/mol. The van der Waals surface area contributed by atoms with Crippen LogP contribution in [0.15, 0.2) is 33.5 Å². The van der Waals surface area contributed by atoms with E-state index in [1.807, 2.05) is 45.9 Å². The predicted octanol–water partition coefficient (Wildman–Crippen LogP) is 4.02. The molecule has 3 rings (SSSR count). The van der Waals surface area contributed by atoms with Gasteiger partial charge in [0.2, 0.25) is 5.91 Å². The van der Waals surface area contributed by atoms with E-state index in [1.54, 1.807) is 6.07 Å². The van der Waals surface area contributed by atoms with Crippen molar-refractivity contribution in [2.24, 2.45) is 0 Å². The number of nitrogens with one attached hydrogen (secondary N) is 2. The topological polar surface area (TPSA) is 115 Å². The van der Waals surface area contributed by atoms with E-state index >= 15 is 0 Å². The number of piperidine rings is 1. The molecule has 1 aliphatic rings. The Morgan fingerprint density at radius 3 is 2.32 bits per heavy atom. The van der Waals surface area contributed by atoms with Crippen molar-refractivity contribution >= 4 is 28.5 Å². The van der Waals surface area contributed by atoms with Crippen molar-refractivity contribution in [2.45, 2.75) is 90.8 Å². The van der Waals surface area contributed by atoms with Gasteiger partial charge in [0.25, 0.3) is 5.91 Å². The molecule has 2 amide bonds. The summed E-state index contributed by atoms with van der Waals surface area (Å²) in [6.45, 7) is 13.8. The van der Waals surface area contributed by atoms with Crippen LogP contribution in [0, 0.1) is 0 Å². The second kappa shape index (κ2) is 11.6. The normalized spacial score (nSPS) is 17.5. The second-order valence-corrected chi connectivity index (χ2v) is 11.1. The lowest BCUT2D eigenvalue weighted by atomic mass is 9.79. The largest absolute Gasteiger partial charge is 0.422 e. The lowest BCUT2D eigenvalue weighted by Gasteiger charge is -2.50. The van der Waals surface area contributed by atoms with Gasteiger partial charge in [-0.3, -0.25) is 9.59 Å². The highest BCUT2D eigenvalue weighted by Gasteiger charge is 2.46. The summed E-state index contributed by atoms with van der Waals surface area (Å²) in [5.74, 6) is -0.539.